The van der Waals surface area contributed by atoms with Gasteiger partial charge in [-0.15, -0.1) is 0 Å². The van der Waals surface area contributed by atoms with Gasteiger partial charge in [-0.3, -0.25) is 0 Å². The van der Waals surface area contributed by atoms with Crippen molar-refractivity contribution in [1.29, 1.82) is 0 Å². The Morgan fingerprint density at radius 2 is 2.00 bits per heavy atom. The molecular formula is C16H20ClFO3. The smallest absolute Gasteiger partial charge is 0.125 e. The van der Waals surface area contributed by atoms with Crippen LogP contribution in [0.2, 0.25) is 5.02 Å². The van der Waals surface area contributed by atoms with Crippen LogP contribution in [-0.4, -0.2) is 30.5 Å². The van der Waals surface area contributed by atoms with Gasteiger partial charge in [0.2, 0.25) is 0 Å². The van der Waals surface area contributed by atoms with E-state index in [1.165, 1.54) is 12.1 Å². The average Bonchev–Trinajstić information content (AvgIpc) is 2.46. The molecule has 0 bridgehead atoms. The lowest BCUT2D eigenvalue weighted by atomic mass is 9.77. The second-order valence-corrected chi connectivity index (χ2v) is 6.48. The molecule has 116 valence electrons. The maximum Gasteiger partial charge on any atom is 0.125 e. The minimum Gasteiger partial charge on any atom is -0.388 e. The van der Waals surface area contributed by atoms with Gasteiger partial charge in [-0.05, 0) is 55.4 Å². The molecule has 1 aromatic rings. The molecule has 0 saturated carbocycles. The van der Waals surface area contributed by atoms with Crippen molar-refractivity contribution >= 4 is 11.6 Å². The molecule has 1 N–H and O–H groups in total. The highest BCUT2D eigenvalue weighted by atomic mass is 35.5. The molecule has 0 aromatic heterocycles. The van der Waals surface area contributed by atoms with Crippen LogP contribution >= 0.6 is 11.6 Å². The minimum absolute atomic E-state index is 0.0646. The van der Waals surface area contributed by atoms with E-state index in [-0.39, 0.29) is 11.5 Å². The van der Waals surface area contributed by atoms with Crippen molar-refractivity contribution in [2.24, 2.45) is 5.92 Å². The van der Waals surface area contributed by atoms with Gasteiger partial charge in [0.25, 0.3) is 0 Å². The van der Waals surface area contributed by atoms with Crippen molar-refractivity contribution in [3.8, 4) is 0 Å². The van der Waals surface area contributed by atoms with Gasteiger partial charge in [0.05, 0.1) is 11.7 Å². The normalized spacial score (nSPS) is 26.7. The number of hydrogen-bond donors (Lipinski definition) is 1. The number of ether oxygens (including phenoxy) is 2. The van der Waals surface area contributed by atoms with Gasteiger partial charge in [-0.1, -0.05) is 11.6 Å². The zero-order valence-electron chi connectivity index (χ0n) is 11.9. The van der Waals surface area contributed by atoms with Crippen molar-refractivity contribution in [1.82, 2.24) is 0 Å². The molecule has 3 rings (SSSR count). The third-order valence-corrected chi connectivity index (χ3v) is 4.83. The largest absolute Gasteiger partial charge is 0.388 e. The second-order valence-electron chi connectivity index (χ2n) is 6.04. The van der Waals surface area contributed by atoms with E-state index >= 15 is 0 Å². The zero-order chi connectivity index (χ0) is 14.9. The molecule has 2 saturated heterocycles. The van der Waals surface area contributed by atoms with Gasteiger partial charge in [0.15, 0.2) is 0 Å². The first-order chi connectivity index (χ1) is 10.1. The van der Waals surface area contributed by atoms with E-state index in [0.29, 0.717) is 30.4 Å². The highest BCUT2D eigenvalue weighted by Gasteiger charge is 2.41. The van der Waals surface area contributed by atoms with Gasteiger partial charge in [0, 0.05) is 24.8 Å². The van der Waals surface area contributed by atoms with Crippen LogP contribution in [0.25, 0.3) is 0 Å². The van der Waals surface area contributed by atoms with Crippen LogP contribution in [0, 0.1) is 11.7 Å². The lowest BCUT2D eigenvalue weighted by molar-refractivity contribution is -0.159. The fourth-order valence-electron chi connectivity index (χ4n) is 3.45. The number of aliphatic hydroxyl groups excluding tert-OH is 1. The van der Waals surface area contributed by atoms with Crippen molar-refractivity contribution < 1.29 is 19.0 Å². The first kappa shape index (κ1) is 15.2. The van der Waals surface area contributed by atoms with Gasteiger partial charge < -0.3 is 14.6 Å². The Balaban J connectivity index is 1.76. The molecule has 2 unspecified atom stereocenters. The summed E-state index contributed by atoms with van der Waals surface area (Å²) in [6.45, 7) is 2.04. The fourth-order valence-corrected chi connectivity index (χ4v) is 3.68. The summed E-state index contributed by atoms with van der Waals surface area (Å²) >= 11 is 5.88. The molecule has 3 nitrogen and oxygen atoms in total. The summed E-state index contributed by atoms with van der Waals surface area (Å²) in [4.78, 5) is 0. The summed E-state index contributed by atoms with van der Waals surface area (Å²) in [5.41, 5.74) is 0.369. The van der Waals surface area contributed by atoms with Gasteiger partial charge in [0.1, 0.15) is 5.82 Å². The maximum atomic E-state index is 13.5. The summed E-state index contributed by atoms with van der Waals surface area (Å²) < 4.78 is 24.8. The van der Waals surface area contributed by atoms with Crippen LogP contribution in [0.4, 0.5) is 4.39 Å². The fraction of sp³-hybridized carbons (Fsp3) is 0.625. The van der Waals surface area contributed by atoms with E-state index in [2.05, 4.69) is 0 Å². The molecule has 5 heteroatoms. The zero-order valence-corrected chi connectivity index (χ0v) is 12.6. The van der Waals surface area contributed by atoms with E-state index in [0.717, 1.165) is 25.7 Å². The number of halogens is 2. The van der Waals surface area contributed by atoms with Crippen molar-refractivity contribution in [2.75, 3.05) is 19.8 Å². The SMILES string of the molecule is OC(c1cc(F)cc(Cl)c1)C1CCOC2(CCOCC2)C1. The first-order valence-electron chi connectivity index (χ1n) is 7.44. The van der Waals surface area contributed by atoms with E-state index in [1.54, 1.807) is 6.07 Å². The highest BCUT2D eigenvalue weighted by molar-refractivity contribution is 6.30. The molecule has 2 heterocycles. The van der Waals surface area contributed by atoms with E-state index in [1.807, 2.05) is 0 Å². The van der Waals surface area contributed by atoms with Crippen LogP contribution in [0.15, 0.2) is 18.2 Å². The number of aliphatic hydroxyl groups is 1. The van der Waals surface area contributed by atoms with E-state index in [4.69, 9.17) is 21.1 Å². The molecule has 21 heavy (non-hydrogen) atoms. The van der Waals surface area contributed by atoms with Gasteiger partial charge >= 0.3 is 0 Å². The average molecular weight is 315 g/mol. The molecule has 1 spiro atoms. The molecular weight excluding hydrogens is 295 g/mol. The van der Waals surface area contributed by atoms with E-state index < -0.39 is 11.9 Å². The quantitative estimate of drug-likeness (QED) is 0.908. The lowest BCUT2D eigenvalue weighted by Crippen LogP contribution is -2.45. The molecule has 2 aliphatic rings. The Kier molecular flexibility index (Phi) is 4.50. The summed E-state index contributed by atoms with van der Waals surface area (Å²) in [6.07, 6.45) is 2.57. The molecule has 0 amide bonds. The predicted molar refractivity (Wildman–Crippen MR) is 77.8 cm³/mol. The Hall–Kier alpha value is -0.680. The summed E-state index contributed by atoms with van der Waals surface area (Å²) in [6, 6.07) is 4.26. The molecule has 0 aliphatic carbocycles. The predicted octanol–water partition coefficient (Wildman–Crippen LogP) is 3.49. The van der Waals surface area contributed by atoms with Crippen LogP contribution < -0.4 is 0 Å². The molecule has 0 radical (unpaired) electrons. The van der Waals surface area contributed by atoms with Crippen molar-refractivity contribution in [3.05, 3.63) is 34.6 Å². The Morgan fingerprint density at radius 1 is 1.24 bits per heavy atom. The third-order valence-electron chi connectivity index (χ3n) is 4.61. The second kappa shape index (κ2) is 6.21. The summed E-state index contributed by atoms with van der Waals surface area (Å²) in [7, 11) is 0. The van der Waals surface area contributed by atoms with Crippen molar-refractivity contribution in [2.45, 2.75) is 37.4 Å². The monoisotopic (exact) mass is 314 g/mol. The van der Waals surface area contributed by atoms with Crippen molar-refractivity contribution in [3.63, 3.8) is 0 Å². The minimum atomic E-state index is -0.707. The van der Waals surface area contributed by atoms with Crippen LogP contribution in [-0.2, 0) is 9.47 Å². The maximum absolute atomic E-state index is 13.5. The van der Waals surface area contributed by atoms with Gasteiger partial charge in [-0.25, -0.2) is 4.39 Å². The number of rotatable bonds is 2. The third kappa shape index (κ3) is 3.39. The highest BCUT2D eigenvalue weighted by Crippen LogP contribution is 2.42. The molecule has 1 aromatic carbocycles. The van der Waals surface area contributed by atoms with E-state index in [9.17, 15) is 9.50 Å². The topological polar surface area (TPSA) is 38.7 Å². The Morgan fingerprint density at radius 3 is 2.71 bits per heavy atom. The van der Waals surface area contributed by atoms with Crippen LogP contribution in [0.1, 0.15) is 37.4 Å². The lowest BCUT2D eigenvalue weighted by Gasteiger charge is -2.44. The standard InChI is InChI=1S/C16H20ClFO3/c17-13-7-12(8-14(18)9-13)15(19)11-1-4-21-16(10-11)2-5-20-6-3-16/h7-9,11,15,19H,1-6,10H2. The first-order valence-corrected chi connectivity index (χ1v) is 7.82. The summed E-state index contributed by atoms with van der Waals surface area (Å²) in [5, 5.41) is 10.9. The molecule has 2 atom stereocenters. The van der Waals surface area contributed by atoms with Gasteiger partial charge in [-0.2, -0.15) is 0 Å². The Labute approximate surface area is 129 Å². The molecule has 2 fully saturated rings. The number of benzene rings is 1. The number of hydrogen-bond acceptors (Lipinski definition) is 3. The Bertz CT molecular complexity index is 477. The molecule has 2 aliphatic heterocycles. The van der Waals surface area contributed by atoms with Crippen LogP contribution in [0.3, 0.4) is 0 Å². The van der Waals surface area contributed by atoms with Crippen LogP contribution in [0.5, 0.6) is 0 Å². The summed E-state index contributed by atoms with van der Waals surface area (Å²) in [5.74, 6) is -0.348.